The molecule has 0 saturated carbocycles. The van der Waals surface area contributed by atoms with Gasteiger partial charge in [-0.2, -0.15) is 10.5 Å². The predicted molar refractivity (Wildman–Crippen MR) is 113 cm³/mol. The van der Waals surface area contributed by atoms with Gasteiger partial charge >= 0.3 is 0 Å². The zero-order chi connectivity index (χ0) is 20.6. The topological polar surface area (TPSA) is 77.1 Å². The van der Waals surface area contributed by atoms with E-state index in [1.54, 1.807) is 41.5 Å². The third-order valence-corrected chi connectivity index (χ3v) is 4.94. The minimum absolute atomic E-state index is 0.0674. The molecule has 3 rings (SSSR count). The molecule has 5 nitrogen and oxygen atoms in total. The first kappa shape index (κ1) is 19.9. The van der Waals surface area contributed by atoms with Gasteiger partial charge in [0.1, 0.15) is 17.9 Å². The number of ketones is 1. The number of ether oxygens (including phenoxy) is 1. The number of nitriles is 2. The van der Waals surface area contributed by atoms with Gasteiger partial charge in [-0.3, -0.25) is 4.79 Å². The van der Waals surface area contributed by atoms with Gasteiger partial charge in [-0.1, -0.05) is 24.3 Å². The molecule has 29 heavy (non-hydrogen) atoms. The minimum atomic E-state index is -0.193. The largest absolute Gasteiger partial charge is 0.494 e. The maximum atomic E-state index is 13.3. The number of carbonyl (C=O) groups excluding carboxylic acids is 1. The van der Waals surface area contributed by atoms with E-state index in [0.717, 1.165) is 11.3 Å². The number of thiophene rings is 1. The van der Waals surface area contributed by atoms with Gasteiger partial charge in [0.05, 0.1) is 22.9 Å². The van der Waals surface area contributed by atoms with E-state index in [1.807, 2.05) is 54.8 Å². The number of hydrogen-bond acceptors (Lipinski definition) is 6. The Morgan fingerprint density at radius 1 is 1.17 bits per heavy atom. The molecule has 1 aliphatic heterocycles. The summed E-state index contributed by atoms with van der Waals surface area (Å²) in [5, 5.41) is 20.5. The van der Waals surface area contributed by atoms with E-state index < -0.39 is 0 Å². The van der Waals surface area contributed by atoms with E-state index in [0.29, 0.717) is 22.9 Å². The molecule has 0 bridgehead atoms. The zero-order valence-corrected chi connectivity index (χ0v) is 16.5. The first-order valence-corrected chi connectivity index (χ1v) is 9.77. The molecule has 0 aliphatic carbocycles. The van der Waals surface area contributed by atoms with Crippen molar-refractivity contribution in [3.05, 3.63) is 93.6 Å². The lowest BCUT2D eigenvalue weighted by Gasteiger charge is -2.25. The molecule has 2 aromatic rings. The normalized spacial score (nSPS) is 13.0. The summed E-state index contributed by atoms with van der Waals surface area (Å²) in [5.74, 6) is 0.551. The summed E-state index contributed by atoms with van der Waals surface area (Å²) in [6.07, 6.45) is 8.55. The molecule has 0 unspecified atom stereocenters. The predicted octanol–water partition coefficient (Wildman–Crippen LogP) is 5.06. The second kappa shape index (κ2) is 9.36. The number of benzene rings is 1. The van der Waals surface area contributed by atoms with Crippen molar-refractivity contribution < 1.29 is 9.53 Å². The molecule has 0 fully saturated rings. The first-order valence-electron chi connectivity index (χ1n) is 8.89. The highest BCUT2D eigenvalue weighted by molar-refractivity contribution is 7.12. The van der Waals surface area contributed by atoms with E-state index in [1.165, 1.54) is 11.3 Å². The van der Waals surface area contributed by atoms with Crippen molar-refractivity contribution in [2.75, 3.05) is 6.61 Å². The maximum Gasteiger partial charge on any atom is 0.219 e. The number of allylic oxidation sites excluding steroid dienone is 5. The van der Waals surface area contributed by atoms with E-state index in [2.05, 4.69) is 0 Å². The Balaban J connectivity index is 2.11. The van der Waals surface area contributed by atoms with E-state index in [-0.39, 0.29) is 11.4 Å². The third kappa shape index (κ3) is 4.52. The molecule has 0 radical (unpaired) electrons. The van der Waals surface area contributed by atoms with Crippen LogP contribution in [0.1, 0.15) is 22.2 Å². The van der Waals surface area contributed by atoms with Gasteiger partial charge in [0.15, 0.2) is 5.57 Å². The standard InChI is InChI=1S/C23H17N3O2S/c1-2-28-19-10-8-17(9-11-19)14-21(23(27)22-7-5-13-29-22)26-12-4-3-6-20(26)18(15-24)16-25/h3-14H,2H2,1H3. The molecule has 0 saturated heterocycles. The summed E-state index contributed by atoms with van der Waals surface area (Å²) in [6.45, 7) is 2.49. The van der Waals surface area contributed by atoms with Crippen molar-refractivity contribution in [1.29, 1.82) is 10.5 Å². The summed E-state index contributed by atoms with van der Waals surface area (Å²) in [5.41, 5.74) is 1.43. The highest BCUT2D eigenvalue weighted by Crippen LogP contribution is 2.28. The Morgan fingerprint density at radius 2 is 1.93 bits per heavy atom. The van der Waals surface area contributed by atoms with Crippen LogP contribution in [0.3, 0.4) is 0 Å². The van der Waals surface area contributed by atoms with Crippen LogP contribution in [-0.2, 0) is 0 Å². The number of Topliss-reactive ketones (excluding diaryl/α,β-unsaturated/α-hetero) is 1. The number of hydrogen-bond donors (Lipinski definition) is 0. The van der Waals surface area contributed by atoms with Crippen LogP contribution in [0.2, 0.25) is 0 Å². The molecule has 0 spiro atoms. The monoisotopic (exact) mass is 399 g/mol. The fraction of sp³-hybridized carbons (Fsp3) is 0.0870. The highest BCUT2D eigenvalue weighted by atomic mass is 32.1. The smallest absolute Gasteiger partial charge is 0.219 e. The molecule has 0 amide bonds. The van der Waals surface area contributed by atoms with Gasteiger partial charge in [-0.15, -0.1) is 11.3 Å². The molecular formula is C23H17N3O2S. The number of nitrogens with zero attached hydrogens (tertiary/aromatic N) is 3. The van der Waals surface area contributed by atoms with Gasteiger partial charge in [0.25, 0.3) is 0 Å². The second-order valence-electron chi connectivity index (χ2n) is 5.89. The van der Waals surface area contributed by atoms with Gasteiger partial charge < -0.3 is 9.64 Å². The fourth-order valence-corrected chi connectivity index (χ4v) is 3.43. The van der Waals surface area contributed by atoms with Crippen molar-refractivity contribution in [3.63, 3.8) is 0 Å². The van der Waals surface area contributed by atoms with Gasteiger partial charge in [-0.25, -0.2) is 0 Å². The molecule has 1 aromatic heterocycles. The van der Waals surface area contributed by atoms with E-state index in [4.69, 9.17) is 4.74 Å². The van der Waals surface area contributed by atoms with Crippen LogP contribution < -0.4 is 4.74 Å². The lowest BCUT2D eigenvalue weighted by Crippen LogP contribution is -2.23. The Morgan fingerprint density at radius 3 is 2.55 bits per heavy atom. The van der Waals surface area contributed by atoms with Crippen LogP contribution in [0.4, 0.5) is 0 Å². The first-order chi connectivity index (χ1) is 14.2. The second-order valence-corrected chi connectivity index (χ2v) is 6.84. The fourth-order valence-electron chi connectivity index (χ4n) is 2.76. The molecule has 1 aromatic carbocycles. The summed E-state index contributed by atoms with van der Waals surface area (Å²) in [4.78, 5) is 15.4. The summed E-state index contributed by atoms with van der Waals surface area (Å²) in [7, 11) is 0. The Hall–Kier alpha value is -3.87. The minimum Gasteiger partial charge on any atom is -0.494 e. The van der Waals surface area contributed by atoms with Crippen LogP contribution in [0, 0.1) is 22.7 Å². The Labute approximate surface area is 173 Å². The van der Waals surface area contributed by atoms with Crippen molar-refractivity contribution in [3.8, 4) is 17.9 Å². The van der Waals surface area contributed by atoms with Crippen LogP contribution in [0.25, 0.3) is 6.08 Å². The average molecular weight is 399 g/mol. The van der Waals surface area contributed by atoms with Crippen LogP contribution >= 0.6 is 11.3 Å². The van der Waals surface area contributed by atoms with E-state index >= 15 is 0 Å². The van der Waals surface area contributed by atoms with Crippen molar-refractivity contribution in [2.24, 2.45) is 0 Å². The van der Waals surface area contributed by atoms with Crippen LogP contribution in [-0.4, -0.2) is 17.3 Å². The van der Waals surface area contributed by atoms with Crippen molar-refractivity contribution in [1.82, 2.24) is 4.90 Å². The van der Waals surface area contributed by atoms with Crippen molar-refractivity contribution in [2.45, 2.75) is 6.92 Å². The van der Waals surface area contributed by atoms with Crippen LogP contribution in [0.5, 0.6) is 5.75 Å². The average Bonchev–Trinajstić information content (AvgIpc) is 3.29. The Bertz CT molecular complexity index is 1080. The van der Waals surface area contributed by atoms with Gasteiger partial charge in [0.2, 0.25) is 5.78 Å². The van der Waals surface area contributed by atoms with Crippen molar-refractivity contribution >= 4 is 23.2 Å². The summed E-state index contributed by atoms with van der Waals surface area (Å²) >= 11 is 1.34. The SMILES string of the molecule is CCOc1ccc(C=C(C(=O)c2cccs2)N2C=CC=CC2=C(C#N)C#N)cc1. The van der Waals surface area contributed by atoms with Gasteiger partial charge in [0, 0.05) is 6.20 Å². The molecule has 0 N–H and O–H groups in total. The van der Waals surface area contributed by atoms with E-state index in [9.17, 15) is 15.3 Å². The maximum absolute atomic E-state index is 13.3. The zero-order valence-electron chi connectivity index (χ0n) is 15.7. The highest BCUT2D eigenvalue weighted by Gasteiger charge is 2.24. The summed E-state index contributed by atoms with van der Waals surface area (Å²) < 4.78 is 5.47. The number of rotatable bonds is 6. The molecule has 2 heterocycles. The van der Waals surface area contributed by atoms with Crippen LogP contribution in [0.15, 0.2) is 83.2 Å². The van der Waals surface area contributed by atoms with Gasteiger partial charge in [-0.05, 0) is 54.3 Å². The lowest BCUT2D eigenvalue weighted by atomic mass is 10.1. The Kier molecular flexibility index (Phi) is 6.42. The summed E-state index contributed by atoms with van der Waals surface area (Å²) in [6, 6.07) is 14.8. The molecule has 1 aliphatic rings. The third-order valence-electron chi connectivity index (χ3n) is 4.07. The molecular weight excluding hydrogens is 382 g/mol. The molecule has 0 atom stereocenters. The molecule has 6 heteroatoms. The molecule has 142 valence electrons. The quantitative estimate of drug-likeness (QED) is 0.386. The number of carbonyl (C=O) groups is 1. The lowest BCUT2D eigenvalue weighted by molar-refractivity contribution is 0.101.